The third-order valence-corrected chi connectivity index (χ3v) is 4.54. The average molecular weight is 345 g/mol. The number of nitrogens with zero attached hydrogens (tertiary/aromatic N) is 2. The third kappa shape index (κ3) is 2.65. The number of aromatic nitrogens is 4. The molecule has 0 aliphatic carbocycles. The summed E-state index contributed by atoms with van der Waals surface area (Å²) in [6, 6.07) is 13.4. The van der Waals surface area contributed by atoms with Crippen LogP contribution in [0.5, 0.6) is 0 Å². The Bertz CT molecular complexity index is 1100. The average Bonchev–Trinajstić information content (AvgIpc) is 3.23. The van der Waals surface area contributed by atoms with Crippen LogP contribution >= 0.6 is 0 Å². The number of carbonyl (C=O) groups excluding carboxylic acids is 1. The van der Waals surface area contributed by atoms with Gasteiger partial charge in [-0.3, -0.25) is 4.79 Å². The molecular formula is C20H19N5O. The van der Waals surface area contributed by atoms with Crippen molar-refractivity contribution in [3.05, 3.63) is 59.4 Å². The van der Waals surface area contributed by atoms with Crippen molar-refractivity contribution >= 4 is 16.9 Å². The highest BCUT2D eigenvalue weighted by molar-refractivity contribution is 5.97. The van der Waals surface area contributed by atoms with Gasteiger partial charge in [0.05, 0.1) is 16.7 Å². The van der Waals surface area contributed by atoms with Gasteiger partial charge in [0, 0.05) is 29.4 Å². The maximum atomic E-state index is 11.8. The standard InChI is InChI=1S/C20H19N5O/c1-11-12(2)23-18(22-11)14-6-4-5-7-15(14)19-24-16-9-8-13(20(26)21-3)10-17(16)25-19/h4-10H,1-3H3,(H,21,26)(H,22,23)(H,24,25). The highest BCUT2D eigenvalue weighted by Crippen LogP contribution is 2.30. The van der Waals surface area contributed by atoms with Crippen LogP contribution in [0.25, 0.3) is 33.8 Å². The Morgan fingerprint density at radius 1 is 0.962 bits per heavy atom. The first-order chi connectivity index (χ1) is 12.6. The Balaban J connectivity index is 1.84. The van der Waals surface area contributed by atoms with Gasteiger partial charge in [0.2, 0.25) is 0 Å². The van der Waals surface area contributed by atoms with Crippen LogP contribution in [0.4, 0.5) is 0 Å². The van der Waals surface area contributed by atoms with Crippen LogP contribution in [0, 0.1) is 13.8 Å². The lowest BCUT2D eigenvalue weighted by atomic mass is 10.1. The molecule has 0 spiro atoms. The second-order valence-electron chi connectivity index (χ2n) is 6.24. The monoisotopic (exact) mass is 345 g/mol. The number of rotatable bonds is 3. The van der Waals surface area contributed by atoms with Crippen molar-refractivity contribution < 1.29 is 4.79 Å². The fourth-order valence-corrected chi connectivity index (χ4v) is 2.99. The fraction of sp³-hybridized carbons (Fsp3) is 0.150. The first-order valence-electron chi connectivity index (χ1n) is 8.41. The van der Waals surface area contributed by atoms with Crippen LogP contribution < -0.4 is 5.32 Å². The van der Waals surface area contributed by atoms with Crippen LogP contribution in [-0.4, -0.2) is 32.9 Å². The lowest BCUT2D eigenvalue weighted by Gasteiger charge is -2.04. The van der Waals surface area contributed by atoms with Gasteiger partial charge in [-0.05, 0) is 32.0 Å². The normalized spacial score (nSPS) is 11.0. The van der Waals surface area contributed by atoms with Gasteiger partial charge in [-0.2, -0.15) is 0 Å². The molecule has 2 aromatic carbocycles. The zero-order chi connectivity index (χ0) is 18.3. The fourth-order valence-electron chi connectivity index (χ4n) is 2.99. The Hall–Kier alpha value is -3.41. The van der Waals surface area contributed by atoms with E-state index in [1.807, 2.05) is 50.2 Å². The molecule has 0 saturated carbocycles. The molecule has 26 heavy (non-hydrogen) atoms. The van der Waals surface area contributed by atoms with Crippen LogP contribution in [0.1, 0.15) is 21.7 Å². The molecular weight excluding hydrogens is 326 g/mol. The number of aryl methyl sites for hydroxylation is 2. The minimum absolute atomic E-state index is 0.120. The van der Waals surface area contributed by atoms with Crippen molar-refractivity contribution in [1.82, 2.24) is 25.3 Å². The van der Waals surface area contributed by atoms with Crippen molar-refractivity contribution in [2.45, 2.75) is 13.8 Å². The minimum Gasteiger partial charge on any atom is -0.355 e. The number of nitrogens with one attached hydrogen (secondary N) is 3. The van der Waals surface area contributed by atoms with E-state index in [-0.39, 0.29) is 5.91 Å². The van der Waals surface area contributed by atoms with Crippen LogP contribution in [0.3, 0.4) is 0 Å². The molecule has 0 unspecified atom stereocenters. The summed E-state index contributed by atoms with van der Waals surface area (Å²) in [7, 11) is 1.62. The van der Waals surface area contributed by atoms with Crippen LogP contribution in [0.2, 0.25) is 0 Å². The summed E-state index contributed by atoms with van der Waals surface area (Å²) in [5.74, 6) is 1.45. The zero-order valence-corrected chi connectivity index (χ0v) is 14.8. The number of carbonyl (C=O) groups is 1. The van der Waals surface area contributed by atoms with E-state index in [2.05, 4.69) is 20.3 Å². The lowest BCUT2D eigenvalue weighted by molar-refractivity contribution is 0.0963. The number of hydrogen-bond acceptors (Lipinski definition) is 3. The van der Waals surface area contributed by atoms with Gasteiger partial charge in [0.15, 0.2) is 0 Å². The summed E-state index contributed by atoms with van der Waals surface area (Å²) >= 11 is 0. The van der Waals surface area contributed by atoms with Gasteiger partial charge in [-0.15, -0.1) is 0 Å². The number of H-pyrrole nitrogens is 2. The number of amides is 1. The summed E-state index contributed by atoms with van der Waals surface area (Å²) < 4.78 is 0. The van der Waals surface area contributed by atoms with E-state index in [1.54, 1.807) is 13.1 Å². The molecule has 2 heterocycles. The number of fused-ring (bicyclic) bond motifs is 1. The minimum atomic E-state index is -0.120. The topological polar surface area (TPSA) is 86.5 Å². The Kier molecular flexibility index (Phi) is 3.80. The van der Waals surface area contributed by atoms with E-state index in [4.69, 9.17) is 4.98 Å². The summed E-state index contributed by atoms with van der Waals surface area (Å²) in [5, 5.41) is 2.64. The van der Waals surface area contributed by atoms with Crippen LogP contribution in [0.15, 0.2) is 42.5 Å². The molecule has 1 amide bonds. The molecule has 6 nitrogen and oxygen atoms in total. The summed E-state index contributed by atoms with van der Waals surface area (Å²) in [6.45, 7) is 4.00. The summed E-state index contributed by atoms with van der Waals surface area (Å²) in [5.41, 5.74) is 6.20. The van der Waals surface area contributed by atoms with Crippen molar-refractivity contribution in [2.75, 3.05) is 7.05 Å². The number of aromatic amines is 2. The summed E-state index contributed by atoms with van der Waals surface area (Å²) in [6.07, 6.45) is 0. The first-order valence-corrected chi connectivity index (χ1v) is 8.41. The van der Waals surface area contributed by atoms with E-state index in [1.165, 1.54) is 0 Å². The predicted molar refractivity (Wildman–Crippen MR) is 102 cm³/mol. The zero-order valence-electron chi connectivity index (χ0n) is 14.8. The van der Waals surface area contributed by atoms with Crippen molar-refractivity contribution in [3.63, 3.8) is 0 Å². The number of hydrogen-bond donors (Lipinski definition) is 3. The first kappa shape index (κ1) is 16.1. The smallest absolute Gasteiger partial charge is 0.251 e. The van der Waals surface area contributed by atoms with Gasteiger partial charge in [0.25, 0.3) is 5.91 Å². The summed E-state index contributed by atoms with van der Waals surface area (Å²) in [4.78, 5) is 27.8. The molecule has 4 rings (SSSR count). The second kappa shape index (κ2) is 6.15. The highest BCUT2D eigenvalue weighted by Gasteiger charge is 2.15. The largest absolute Gasteiger partial charge is 0.355 e. The SMILES string of the molecule is CNC(=O)c1ccc2nc(-c3ccccc3-c3nc(C)c(C)[nH]3)[nH]c2c1. The molecule has 0 atom stereocenters. The van der Waals surface area contributed by atoms with Gasteiger partial charge < -0.3 is 15.3 Å². The Morgan fingerprint density at radius 3 is 2.27 bits per heavy atom. The molecule has 0 radical (unpaired) electrons. The second-order valence-corrected chi connectivity index (χ2v) is 6.24. The van der Waals surface area contributed by atoms with E-state index in [0.717, 1.165) is 45.2 Å². The molecule has 4 aromatic rings. The van der Waals surface area contributed by atoms with Gasteiger partial charge in [-0.1, -0.05) is 24.3 Å². The molecule has 0 fully saturated rings. The van der Waals surface area contributed by atoms with Crippen molar-refractivity contribution in [2.24, 2.45) is 0 Å². The van der Waals surface area contributed by atoms with Gasteiger partial charge >= 0.3 is 0 Å². The predicted octanol–water partition coefficient (Wildman–Crippen LogP) is 3.60. The highest BCUT2D eigenvalue weighted by atomic mass is 16.1. The van der Waals surface area contributed by atoms with Gasteiger partial charge in [0.1, 0.15) is 11.6 Å². The molecule has 2 aromatic heterocycles. The Labute approximate surface area is 150 Å². The third-order valence-electron chi connectivity index (χ3n) is 4.54. The molecule has 3 N–H and O–H groups in total. The maximum Gasteiger partial charge on any atom is 0.251 e. The lowest BCUT2D eigenvalue weighted by Crippen LogP contribution is -2.17. The van der Waals surface area contributed by atoms with Gasteiger partial charge in [-0.25, -0.2) is 9.97 Å². The Morgan fingerprint density at radius 2 is 1.65 bits per heavy atom. The quantitative estimate of drug-likeness (QED) is 0.530. The molecule has 6 heteroatoms. The number of imidazole rings is 2. The van der Waals surface area contributed by atoms with Crippen molar-refractivity contribution in [3.8, 4) is 22.8 Å². The molecule has 0 bridgehead atoms. The molecule has 0 saturated heterocycles. The van der Waals surface area contributed by atoms with E-state index < -0.39 is 0 Å². The molecule has 0 aliphatic heterocycles. The molecule has 0 aliphatic rings. The molecule has 130 valence electrons. The van der Waals surface area contributed by atoms with Crippen molar-refractivity contribution in [1.29, 1.82) is 0 Å². The van der Waals surface area contributed by atoms with E-state index >= 15 is 0 Å². The van der Waals surface area contributed by atoms with E-state index in [9.17, 15) is 4.79 Å². The maximum absolute atomic E-state index is 11.8. The van der Waals surface area contributed by atoms with Crippen LogP contribution in [-0.2, 0) is 0 Å². The van der Waals surface area contributed by atoms with E-state index in [0.29, 0.717) is 5.56 Å². The number of benzene rings is 2.